The number of nitrogens with zero attached hydrogens (tertiary/aromatic N) is 2. The summed E-state index contributed by atoms with van der Waals surface area (Å²) in [6, 6.07) is 6.40. The highest BCUT2D eigenvalue weighted by Crippen LogP contribution is 2.18. The summed E-state index contributed by atoms with van der Waals surface area (Å²) in [5.74, 6) is 1.04. The Balaban J connectivity index is 2.23. The lowest BCUT2D eigenvalue weighted by molar-refractivity contribution is 0.527. The van der Waals surface area contributed by atoms with E-state index >= 15 is 0 Å². The number of imidazole rings is 1. The lowest BCUT2D eigenvalue weighted by Gasteiger charge is -2.11. The molecule has 0 radical (unpaired) electrons. The highest BCUT2D eigenvalue weighted by Gasteiger charge is 2.07. The Morgan fingerprint density at radius 2 is 2.17 bits per heavy atom. The minimum atomic E-state index is -0.251. The highest BCUT2D eigenvalue weighted by atomic mass is 19.1. The van der Waals surface area contributed by atoms with Gasteiger partial charge in [-0.15, -0.1) is 0 Å². The second-order valence-corrected chi connectivity index (χ2v) is 4.89. The first-order valence-electron chi connectivity index (χ1n) is 6.11. The molecule has 3 nitrogen and oxygen atoms in total. The maximum atomic E-state index is 13.1. The number of anilines is 2. The summed E-state index contributed by atoms with van der Waals surface area (Å²) in [6.45, 7) is 7.15. The first-order valence-corrected chi connectivity index (χ1v) is 6.11. The topological polar surface area (TPSA) is 29.9 Å². The second-order valence-electron chi connectivity index (χ2n) is 4.89. The number of aromatic nitrogens is 2. The van der Waals surface area contributed by atoms with E-state index in [4.69, 9.17) is 0 Å². The number of hydrogen-bond donors (Lipinski definition) is 1. The van der Waals surface area contributed by atoms with Gasteiger partial charge in [-0.3, -0.25) is 0 Å². The van der Waals surface area contributed by atoms with Gasteiger partial charge in [-0.25, -0.2) is 9.37 Å². The standard InChI is InChI=1S/C14H18FN3/c1-10(2)8-18-9-11(3)16-14(18)17-13-6-4-5-12(15)7-13/h4-7,9-10H,8H2,1-3H3,(H,16,17). The van der Waals surface area contributed by atoms with Crippen molar-refractivity contribution < 1.29 is 4.39 Å². The molecule has 0 aliphatic heterocycles. The molecule has 0 atom stereocenters. The molecule has 1 heterocycles. The maximum Gasteiger partial charge on any atom is 0.207 e. The van der Waals surface area contributed by atoms with E-state index in [2.05, 4.69) is 28.7 Å². The summed E-state index contributed by atoms with van der Waals surface area (Å²) in [4.78, 5) is 4.42. The van der Waals surface area contributed by atoms with Gasteiger partial charge in [-0.2, -0.15) is 0 Å². The molecule has 18 heavy (non-hydrogen) atoms. The van der Waals surface area contributed by atoms with Crippen molar-refractivity contribution in [1.29, 1.82) is 0 Å². The van der Waals surface area contributed by atoms with Crippen molar-refractivity contribution in [3.63, 3.8) is 0 Å². The molecule has 0 aliphatic rings. The smallest absolute Gasteiger partial charge is 0.207 e. The molecule has 0 saturated carbocycles. The van der Waals surface area contributed by atoms with E-state index < -0.39 is 0 Å². The van der Waals surface area contributed by atoms with Gasteiger partial charge in [0, 0.05) is 18.4 Å². The van der Waals surface area contributed by atoms with Crippen LogP contribution in [0.4, 0.5) is 16.0 Å². The van der Waals surface area contributed by atoms with Crippen LogP contribution < -0.4 is 5.32 Å². The van der Waals surface area contributed by atoms with Crippen LogP contribution in [0.3, 0.4) is 0 Å². The van der Waals surface area contributed by atoms with Crippen LogP contribution in [0.25, 0.3) is 0 Å². The fraction of sp³-hybridized carbons (Fsp3) is 0.357. The van der Waals surface area contributed by atoms with Gasteiger partial charge in [-0.05, 0) is 31.0 Å². The molecule has 1 aromatic heterocycles. The quantitative estimate of drug-likeness (QED) is 0.892. The fourth-order valence-electron chi connectivity index (χ4n) is 1.87. The zero-order chi connectivity index (χ0) is 13.1. The largest absolute Gasteiger partial charge is 0.326 e. The summed E-state index contributed by atoms with van der Waals surface area (Å²) < 4.78 is 15.2. The third-order valence-electron chi connectivity index (χ3n) is 2.54. The molecule has 0 amide bonds. The van der Waals surface area contributed by atoms with Crippen molar-refractivity contribution in [2.45, 2.75) is 27.3 Å². The number of halogens is 1. The Morgan fingerprint density at radius 1 is 1.39 bits per heavy atom. The molecule has 0 saturated heterocycles. The van der Waals surface area contributed by atoms with E-state index in [9.17, 15) is 4.39 Å². The van der Waals surface area contributed by atoms with Crippen LogP contribution in [0.1, 0.15) is 19.5 Å². The van der Waals surface area contributed by atoms with Crippen molar-refractivity contribution in [1.82, 2.24) is 9.55 Å². The van der Waals surface area contributed by atoms with Crippen LogP contribution in [-0.2, 0) is 6.54 Å². The first-order chi connectivity index (χ1) is 8.54. The minimum absolute atomic E-state index is 0.251. The van der Waals surface area contributed by atoms with Crippen molar-refractivity contribution in [2.24, 2.45) is 5.92 Å². The maximum absolute atomic E-state index is 13.1. The van der Waals surface area contributed by atoms with Crippen molar-refractivity contribution in [2.75, 3.05) is 5.32 Å². The molecule has 4 heteroatoms. The van der Waals surface area contributed by atoms with Crippen molar-refractivity contribution in [3.8, 4) is 0 Å². The molecule has 0 fully saturated rings. The Labute approximate surface area is 107 Å². The molecule has 0 spiro atoms. The molecule has 1 aromatic carbocycles. The fourth-order valence-corrected chi connectivity index (χ4v) is 1.87. The van der Waals surface area contributed by atoms with Crippen LogP contribution in [0.15, 0.2) is 30.5 Å². The van der Waals surface area contributed by atoms with E-state index in [1.54, 1.807) is 6.07 Å². The van der Waals surface area contributed by atoms with E-state index in [0.29, 0.717) is 11.6 Å². The van der Waals surface area contributed by atoms with Crippen LogP contribution >= 0.6 is 0 Å². The Kier molecular flexibility index (Phi) is 3.65. The molecule has 0 unspecified atom stereocenters. The average Bonchev–Trinajstić information content (AvgIpc) is 2.58. The molecule has 2 aromatic rings. The third-order valence-corrected chi connectivity index (χ3v) is 2.54. The molecular weight excluding hydrogens is 229 g/mol. The number of nitrogens with one attached hydrogen (secondary N) is 1. The SMILES string of the molecule is Cc1cn(CC(C)C)c(Nc2cccc(F)c2)n1. The van der Waals surface area contributed by atoms with Gasteiger partial charge in [0.1, 0.15) is 5.82 Å². The average molecular weight is 247 g/mol. The van der Waals surface area contributed by atoms with E-state index in [1.807, 2.05) is 19.2 Å². The summed E-state index contributed by atoms with van der Waals surface area (Å²) in [7, 11) is 0. The van der Waals surface area contributed by atoms with Gasteiger partial charge in [0.25, 0.3) is 0 Å². The Bertz CT molecular complexity index is 532. The predicted octanol–water partition coefficient (Wildman–Crippen LogP) is 3.73. The van der Waals surface area contributed by atoms with E-state index in [-0.39, 0.29) is 5.82 Å². The minimum Gasteiger partial charge on any atom is -0.326 e. The molecular formula is C14H18FN3. The van der Waals surface area contributed by atoms with Gasteiger partial charge in [0.15, 0.2) is 0 Å². The summed E-state index contributed by atoms with van der Waals surface area (Å²) in [6.07, 6.45) is 2.00. The summed E-state index contributed by atoms with van der Waals surface area (Å²) >= 11 is 0. The molecule has 1 N–H and O–H groups in total. The molecule has 0 aliphatic carbocycles. The monoisotopic (exact) mass is 247 g/mol. The zero-order valence-corrected chi connectivity index (χ0v) is 10.9. The van der Waals surface area contributed by atoms with Crippen LogP contribution in [-0.4, -0.2) is 9.55 Å². The number of hydrogen-bond acceptors (Lipinski definition) is 2. The van der Waals surface area contributed by atoms with Crippen LogP contribution in [0, 0.1) is 18.7 Å². The number of benzene rings is 1. The first kappa shape index (κ1) is 12.6. The van der Waals surface area contributed by atoms with Gasteiger partial charge in [-0.1, -0.05) is 19.9 Å². The van der Waals surface area contributed by atoms with Gasteiger partial charge in [0.05, 0.1) is 5.69 Å². The number of aryl methyl sites for hydroxylation is 1. The van der Waals surface area contributed by atoms with E-state index in [1.165, 1.54) is 12.1 Å². The van der Waals surface area contributed by atoms with E-state index in [0.717, 1.165) is 18.2 Å². The Morgan fingerprint density at radius 3 is 2.83 bits per heavy atom. The lowest BCUT2D eigenvalue weighted by atomic mass is 10.2. The number of rotatable bonds is 4. The van der Waals surface area contributed by atoms with Crippen LogP contribution in [0.2, 0.25) is 0 Å². The predicted molar refractivity (Wildman–Crippen MR) is 71.5 cm³/mol. The van der Waals surface area contributed by atoms with Gasteiger partial charge < -0.3 is 9.88 Å². The van der Waals surface area contributed by atoms with Gasteiger partial charge >= 0.3 is 0 Å². The Hall–Kier alpha value is -1.84. The molecule has 96 valence electrons. The lowest BCUT2D eigenvalue weighted by Crippen LogP contribution is -2.07. The zero-order valence-electron chi connectivity index (χ0n) is 10.9. The van der Waals surface area contributed by atoms with Crippen molar-refractivity contribution in [3.05, 3.63) is 42.0 Å². The second kappa shape index (κ2) is 5.21. The van der Waals surface area contributed by atoms with Crippen molar-refractivity contribution >= 4 is 11.6 Å². The van der Waals surface area contributed by atoms with Gasteiger partial charge in [0.2, 0.25) is 5.95 Å². The molecule has 0 bridgehead atoms. The summed E-state index contributed by atoms with van der Waals surface area (Å²) in [5, 5.41) is 3.15. The molecule has 2 rings (SSSR count). The van der Waals surface area contributed by atoms with Crippen LogP contribution in [0.5, 0.6) is 0 Å². The summed E-state index contributed by atoms with van der Waals surface area (Å²) in [5.41, 5.74) is 1.67. The highest BCUT2D eigenvalue weighted by molar-refractivity contribution is 5.53. The third kappa shape index (κ3) is 3.09. The normalized spacial score (nSPS) is 10.9.